The second-order valence-electron chi connectivity index (χ2n) is 4.99. The fourth-order valence-electron chi connectivity index (χ4n) is 1.98. The van der Waals surface area contributed by atoms with Gasteiger partial charge in [-0.15, -0.1) is 0 Å². The number of nitrogens with zero attached hydrogens (tertiary/aromatic N) is 1. The third kappa shape index (κ3) is 5.00. The highest BCUT2D eigenvalue weighted by Crippen LogP contribution is 2.22. The van der Waals surface area contributed by atoms with Gasteiger partial charge in [-0.05, 0) is 25.5 Å². The Morgan fingerprint density at radius 2 is 2.04 bits per heavy atom. The molecule has 2 rings (SSSR count). The summed E-state index contributed by atoms with van der Waals surface area (Å²) in [7, 11) is 0. The summed E-state index contributed by atoms with van der Waals surface area (Å²) in [5.74, 6) is -1.22. The summed E-state index contributed by atoms with van der Waals surface area (Å²) in [6, 6.07) is 6.88. The van der Waals surface area contributed by atoms with Crippen molar-refractivity contribution < 1.29 is 32.4 Å². The largest absolute Gasteiger partial charge is 0.449 e. The Hall–Kier alpha value is -2.97. The smallest absolute Gasteiger partial charge is 0.387 e. The van der Waals surface area contributed by atoms with E-state index in [-0.39, 0.29) is 23.6 Å². The minimum Gasteiger partial charge on any atom is -0.449 e. The molecule has 0 fully saturated rings. The lowest BCUT2D eigenvalue weighted by molar-refractivity contribution is -0.124. The number of benzene rings is 1. The summed E-state index contributed by atoms with van der Waals surface area (Å²) in [6.45, 7) is 0.196. The van der Waals surface area contributed by atoms with E-state index in [4.69, 9.17) is 9.26 Å². The molecule has 1 heterocycles. The fourth-order valence-corrected chi connectivity index (χ4v) is 1.98. The van der Waals surface area contributed by atoms with Crippen molar-refractivity contribution in [3.05, 3.63) is 41.7 Å². The number of para-hydroxylation sites is 1. The predicted molar refractivity (Wildman–Crippen MR) is 82.4 cm³/mol. The lowest BCUT2D eigenvalue weighted by Gasteiger charge is -2.16. The standard InChI is InChI=1S/C16H16F2N2O5/c1-3-11(14(21)19-13-8-9(2)25-20-13)23-15(22)10-6-4-5-7-12(10)24-16(17)18/h4-8,11,16H,3H2,1-2H3,(H,19,20,21). The zero-order valence-electron chi connectivity index (χ0n) is 13.5. The lowest BCUT2D eigenvalue weighted by atomic mass is 10.2. The van der Waals surface area contributed by atoms with Gasteiger partial charge in [0.05, 0.1) is 0 Å². The Kier molecular flexibility index (Phi) is 6.04. The zero-order valence-corrected chi connectivity index (χ0v) is 13.5. The van der Waals surface area contributed by atoms with Crippen molar-refractivity contribution >= 4 is 17.7 Å². The van der Waals surface area contributed by atoms with Gasteiger partial charge < -0.3 is 19.3 Å². The quantitative estimate of drug-likeness (QED) is 0.768. The molecule has 0 aliphatic rings. The number of halogens is 2. The first-order valence-corrected chi connectivity index (χ1v) is 7.39. The average molecular weight is 354 g/mol. The highest BCUT2D eigenvalue weighted by molar-refractivity contribution is 5.98. The van der Waals surface area contributed by atoms with Crippen molar-refractivity contribution in [1.29, 1.82) is 0 Å². The summed E-state index contributed by atoms with van der Waals surface area (Å²) >= 11 is 0. The van der Waals surface area contributed by atoms with Gasteiger partial charge in [0.1, 0.15) is 17.1 Å². The van der Waals surface area contributed by atoms with E-state index in [1.54, 1.807) is 13.8 Å². The number of anilines is 1. The molecule has 1 unspecified atom stereocenters. The Morgan fingerprint density at radius 3 is 2.64 bits per heavy atom. The lowest BCUT2D eigenvalue weighted by Crippen LogP contribution is -2.32. The van der Waals surface area contributed by atoms with Gasteiger partial charge in [0.25, 0.3) is 5.91 Å². The Bertz CT molecular complexity index is 748. The van der Waals surface area contributed by atoms with Gasteiger partial charge in [0.15, 0.2) is 11.9 Å². The van der Waals surface area contributed by atoms with Crippen LogP contribution in [0, 0.1) is 6.92 Å². The highest BCUT2D eigenvalue weighted by atomic mass is 19.3. The van der Waals surface area contributed by atoms with Crippen LogP contribution < -0.4 is 10.1 Å². The summed E-state index contributed by atoms with van der Waals surface area (Å²) in [5.41, 5.74) is -0.202. The zero-order chi connectivity index (χ0) is 18.4. The van der Waals surface area contributed by atoms with Crippen LogP contribution in [0.4, 0.5) is 14.6 Å². The van der Waals surface area contributed by atoms with Gasteiger partial charge in [0.2, 0.25) is 0 Å². The molecule has 0 aliphatic heterocycles. The maximum atomic E-state index is 12.4. The van der Waals surface area contributed by atoms with Gasteiger partial charge in [-0.1, -0.05) is 24.2 Å². The van der Waals surface area contributed by atoms with E-state index in [2.05, 4.69) is 15.2 Å². The molecule has 0 aliphatic carbocycles. The first-order chi connectivity index (χ1) is 11.9. The molecule has 1 aromatic heterocycles. The van der Waals surface area contributed by atoms with Gasteiger partial charge >= 0.3 is 12.6 Å². The SMILES string of the molecule is CCC(OC(=O)c1ccccc1OC(F)F)C(=O)Nc1cc(C)on1. The predicted octanol–water partition coefficient (Wildman–Crippen LogP) is 3.16. The monoisotopic (exact) mass is 354 g/mol. The van der Waals surface area contributed by atoms with Crippen molar-refractivity contribution in [1.82, 2.24) is 5.16 Å². The maximum Gasteiger partial charge on any atom is 0.387 e. The number of hydrogen-bond donors (Lipinski definition) is 1. The second kappa shape index (κ2) is 8.22. The van der Waals surface area contributed by atoms with Crippen LogP contribution in [-0.4, -0.2) is 29.7 Å². The van der Waals surface area contributed by atoms with Crippen LogP contribution in [0.2, 0.25) is 0 Å². The molecule has 134 valence electrons. The molecule has 1 N–H and O–H groups in total. The van der Waals surface area contributed by atoms with Gasteiger partial charge in [0, 0.05) is 6.07 Å². The van der Waals surface area contributed by atoms with E-state index in [1.165, 1.54) is 30.3 Å². The Balaban J connectivity index is 2.08. The van der Waals surface area contributed by atoms with Crippen molar-refractivity contribution in [3.8, 4) is 5.75 Å². The molecule has 0 radical (unpaired) electrons. The van der Waals surface area contributed by atoms with Crippen LogP contribution in [-0.2, 0) is 9.53 Å². The number of amides is 1. The van der Waals surface area contributed by atoms with Crippen molar-refractivity contribution in [2.45, 2.75) is 33.0 Å². The topological polar surface area (TPSA) is 90.7 Å². The first-order valence-electron chi connectivity index (χ1n) is 7.39. The van der Waals surface area contributed by atoms with Crippen LogP contribution in [0.1, 0.15) is 29.5 Å². The number of rotatable bonds is 7. The third-order valence-electron chi connectivity index (χ3n) is 3.11. The van der Waals surface area contributed by atoms with E-state index >= 15 is 0 Å². The van der Waals surface area contributed by atoms with Gasteiger partial charge in [-0.3, -0.25) is 4.79 Å². The van der Waals surface area contributed by atoms with Crippen LogP contribution in [0.25, 0.3) is 0 Å². The van der Waals surface area contributed by atoms with Crippen molar-refractivity contribution in [2.24, 2.45) is 0 Å². The fraction of sp³-hybridized carbons (Fsp3) is 0.312. The van der Waals surface area contributed by atoms with E-state index < -0.39 is 24.6 Å². The Morgan fingerprint density at radius 1 is 1.32 bits per heavy atom. The molecular weight excluding hydrogens is 338 g/mol. The number of hydrogen-bond acceptors (Lipinski definition) is 6. The highest BCUT2D eigenvalue weighted by Gasteiger charge is 2.25. The molecular formula is C16H16F2N2O5. The van der Waals surface area contributed by atoms with E-state index in [0.717, 1.165) is 0 Å². The number of carbonyl (C=O) groups excluding carboxylic acids is 2. The Labute approximate surface area is 141 Å². The maximum absolute atomic E-state index is 12.4. The number of ether oxygens (including phenoxy) is 2. The van der Waals surface area contributed by atoms with E-state index in [1.807, 2.05) is 0 Å². The third-order valence-corrected chi connectivity index (χ3v) is 3.11. The molecule has 1 amide bonds. The number of aryl methyl sites for hydroxylation is 1. The number of nitrogens with one attached hydrogen (secondary N) is 1. The van der Waals surface area contributed by atoms with E-state index in [0.29, 0.717) is 5.76 Å². The number of aromatic nitrogens is 1. The van der Waals surface area contributed by atoms with Crippen LogP contribution >= 0.6 is 0 Å². The molecule has 0 saturated heterocycles. The van der Waals surface area contributed by atoms with Crippen LogP contribution in [0.15, 0.2) is 34.9 Å². The van der Waals surface area contributed by atoms with Gasteiger partial charge in [-0.25, -0.2) is 4.79 Å². The summed E-state index contributed by atoms with van der Waals surface area (Å²) in [5, 5.41) is 6.05. The summed E-state index contributed by atoms with van der Waals surface area (Å²) < 4.78 is 39.0. The minimum atomic E-state index is -3.09. The minimum absolute atomic E-state index is 0.173. The van der Waals surface area contributed by atoms with Gasteiger partial charge in [-0.2, -0.15) is 8.78 Å². The second-order valence-corrected chi connectivity index (χ2v) is 4.99. The molecule has 2 aromatic rings. The summed E-state index contributed by atoms with van der Waals surface area (Å²) in [6.07, 6.45) is -0.962. The van der Waals surface area contributed by atoms with Crippen molar-refractivity contribution in [3.63, 3.8) is 0 Å². The first kappa shape index (κ1) is 18.4. The number of carbonyl (C=O) groups is 2. The molecule has 7 nitrogen and oxygen atoms in total. The molecule has 25 heavy (non-hydrogen) atoms. The van der Waals surface area contributed by atoms with Crippen LogP contribution in [0.3, 0.4) is 0 Å². The molecule has 0 saturated carbocycles. The van der Waals surface area contributed by atoms with E-state index in [9.17, 15) is 18.4 Å². The molecule has 9 heteroatoms. The molecule has 0 bridgehead atoms. The molecule has 1 aromatic carbocycles. The van der Waals surface area contributed by atoms with Crippen LogP contribution in [0.5, 0.6) is 5.75 Å². The number of esters is 1. The number of alkyl halides is 2. The molecule has 0 spiro atoms. The average Bonchev–Trinajstić information content (AvgIpc) is 2.97. The van der Waals surface area contributed by atoms with Crippen molar-refractivity contribution in [2.75, 3.05) is 5.32 Å². The summed E-state index contributed by atoms with van der Waals surface area (Å²) in [4.78, 5) is 24.4. The molecule has 1 atom stereocenters. The normalized spacial score (nSPS) is 11.9.